The van der Waals surface area contributed by atoms with Crippen molar-refractivity contribution in [3.63, 3.8) is 0 Å². The maximum Gasteiger partial charge on any atom is 0.286 e. The van der Waals surface area contributed by atoms with Gasteiger partial charge in [0.2, 0.25) is 5.91 Å². The summed E-state index contributed by atoms with van der Waals surface area (Å²) in [6.45, 7) is 3.23. The number of rotatable bonds is 8. The minimum absolute atomic E-state index is 0.0680. The molecule has 0 bridgehead atoms. The number of hydrogen-bond acceptors (Lipinski definition) is 4. The highest BCUT2D eigenvalue weighted by Crippen LogP contribution is 2.54. The van der Waals surface area contributed by atoms with Gasteiger partial charge in [0.15, 0.2) is 5.76 Å². The molecule has 2 aliphatic carbocycles. The van der Waals surface area contributed by atoms with Crippen LogP contribution in [-0.4, -0.2) is 37.1 Å². The fourth-order valence-corrected chi connectivity index (χ4v) is 4.30. The Labute approximate surface area is 148 Å². The highest BCUT2D eigenvalue weighted by Gasteiger charge is 2.57. The number of ether oxygens (including phenoxy) is 1. The van der Waals surface area contributed by atoms with E-state index in [9.17, 15) is 9.59 Å². The van der Waals surface area contributed by atoms with Gasteiger partial charge in [-0.25, -0.2) is 0 Å². The molecule has 2 fully saturated rings. The first kappa shape index (κ1) is 18.0. The van der Waals surface area contributed by atoms with Crippen molar-refractivity contribution in [2.75, 3.05) is 13.2 Å². The summed E-state index contributed by atoms with van der Waals surface area (Å²) in [6, 6.07) is 3.54. The molecule has 0 unspecified atom stereocenters. The van der Waals surface area contributed by atoms with Crippen LogP contribution in [0.2, 0.25) is 0 Å². The molecule has 0 radical (unpaired) electrons. The van der Waals surface area contributed by atoms with Crippen molar-refractivity contribution in [2.24, 2.45) is 5.41 Å². The van der Waals surface area contributed by atoms with Gasteiger partial charge in [-0.1, -0.05) is 12.8 Å². The predicted octanol–water partition coefficient (Wildman–Crippen LogP) is 2.64. The van der Waals surface area contributed by atoms with Crippen molar-refractivity contribution >= 4 is 11.8 Å². The highest BCUT2D eigenvalue weighted by molar-refractivity contribution is 5.91. The molecule has 2 amide bonds. The number of furan rings is 1. The lowest BCUT2D eigenvalue weighted by molar-refractivity contribution is -0.144. The van der Waals surface area contributed by atoms with E-state index >= 15 is 0 Å². The molecule has 25 heavy (non-hydrogen) atoms. The molecule has 0 aromatic carbocycles. The topological polar surface area (TPSA) is 80.6 Å². The van der Waals surface area contributed by atoms with E-state index in [0.29, 0.717) is 31.3 Å². The largest absolute Gasteiger partial charge is 0.459 e. The van der Waals surface area contributed by atoms with E-state index in [-0.39, 0.29) is 23.3 Å². The number of hydrogen-bond donors (Lipinski definition) is 2. The van der Waals surface area contributed by atoms with Gasteiger partial charge in [0, 0.05) is 31.0 Å². The number of carbonyl (C=O) groups excluding carboxylic acids is 2. The predicted molar refractivity (Wildman–Crippen MR) is 93.1 cm³/mol. The third-order valence-electron chi connectivity index (χ3n) is 5.63. The quantitative estimate of drug-likeness (QED) is 0.708. The summed E-state index contributed by atoms with van der Waals surface area (Å²) >= 11 is 0. The van der Waals surface area contributed by atoms with Gasteiger partial charge in [0.25, 0.3) is 5.91 Å². The van der Waals surface area contributed by atoms with Crippen LogP contribution in [0.3, 0.4) is 0 Å². The lowest BCUT2D eigenvalue weighted by atomic mass is 9.60. The van der Waals surface area contributed by atoms with Crippen molar-refractivity contribution < 1.29 is 18.7 Å². The molecule has 1 aromatic rings. The van der Waals surface area contributed by atoms with Gasteiger partial charge in [-0.2, -0.15) is 0 Å². The minimum atomic E-state index is -0.242. The van der Waals surface area contributed by atoms with Gasteiger partial charge < -0.3 is 19.8 Å². The summed E-state index contributed by atoms with van der Waals surface area (Å²) in [5.74, 6) is 0.122. The van der Waals surface area contributed by atoms with Gasteiger partial charge in [-0.05, 0) is 44.7 Å². The van der Waals surface area contributed by atoms with Crippen molar-refractivity contribution in [3.8, 4) is 0 Å². The van der Waals surface area contributed by atoms with E-state index in [1.165, 1.54) is 19.1 Å². The van der Waals surface area contributed by atoms with E-state index in [1.807, 2.05) is 6.92 Å². The first-order chi connectivity index (χ1) is 12.2. The summed E-state index contributed by atoms with van der Waals surface area (Å²) in [7, 11) is 0. The van der Waals surface area contributed by atoms with E-state index in [4.69, 9.17) is 9.15 Å². The molecule has 2 saturated carbocycles. The van der Waals surface area contributed by atoms with Gasteiger partial charge in [0.1, 0.15) is 0 Å². The van der Waals surface area contributed by atoms with Crippen molar-refractivity contribution in [1.82, 2.24) is 10.6 Å². The Morgan fingerprint density at radius 2 is 2.16 bits per heavy atom. The monoisotopic (exact) mass is 348 g/mol. The van der Waals surface area contributed by atoms with Crippen molar-refractivity contribution in [3.05, 3.63) is 24.2 Å². The van der Waals surface area contributed by atoms with Crippen LogP contribution in [0.25, 0.3) is 0 Å². The molecule has 0 saturated heterocycles. The van der Waals surface area contributed by atoms with E-state index in [0.717, 1.165) is 25.9 Å². The van der Waals surface area contributed by atoms with Crippen LogP contribution >= 0.6 is 0 Å². The number of nitrogens with one attached hydrogen (secondary N) is 2. The molecule has 2 atom stereocenters. The second-order valence-electron chi connectivity index (χ2n) is 7.08. The molecule has 6 heteroatoms. The molecule has 1 aromatic heterocycles. The molecule has 1 spiro atoms. The maximum atomic E-state index is 12.2. The van der Waals surface area contributed by atoms with Gasteiger partial charge in [-0.15, -0.1) is 0 Å². The molecule has 138 valence electrons. The molecule has 2 N–H and O–H groups in total. The van der Waals surface area contributed by atoms with E-state index < -0.39 is 0 Å². The second kappa shape index (κ2) is 8.04. The van der Waals surface area contributed by atoms with Crippen molar-refractivity contribution in [1.29, 1.82) is 0 Å². The van der Waals surface area contributed by atoms with Crippen LogP contribution in [0.1, 0.15) is 62.4 Å². The smallest absolute Gasteiger partial charge is 0.286 e. The lowest BCUT2D eigenvalue weighted by Gasteiger charge is -2.54. The first-order valence-electron chi connectivity index (χ1n) is 9.38. The average Bonchev–Trinajstić information content (AvgIpc) is 3.30. The summed E-state index contributed by atoms with van der Waals surface area (Å²) in [5, 5.41) is 5.96. The normalized spacial score (nSPS) is 24.0. The standard InChI is InChI=1S/C19H28N2O4/c1-2-24-16-13-15(19(16)9-3-4-10-19)21-17(22)8-5-11-20-18(23)14-7-6-12-25-14/h6-7,12,15-16H,2-5,8-11,13H2,1H3,(H,20,23)(H,21,22)/t15-,16+/m0/s1. The zero-order valence-electron chi connectivity index (χ0n) is 14.9. The molecule has 6 nitrogen and oxygen atoms in total. The summed E-state index contributed by atoms with van der Waals surface area (Å²) < 4.78 is 10.9. The number of carbonyl (C=O) groups is 2. The average molecular weight is 348 g/mol. The third-order valence-corrected chi connectivity index (χ3v) is 5.63. The van der Waals surface area contributed by atoms with Crippen molar-refractivity contribution in [2.45, 2.75) is 64.0 Å². The number of amides is 2. The fraction of sp³-hybridized carbons (Fsp3) is 0.684. The highest BCUT2D eigenvalue weighted by atomic mass is 16.5. The first-order valence-corrected chi connectivity index (χ1v) is 9.38. The molecule has 2 aliphatic rings. The Bertz CT molecular complexity index is 578. The van der Waals surface area contributed by atoms with Crippen LogP contribution in [0, 0.1) is 5.41 Å². The Balaban J connectivity index is 1.37. The zero-order chi connectivity index (χ0) is 17.7. The van der Waals surface area contributed by atoms with Crippen LogP contribution in [0.4, 0.5) is 0 Å². The molecular weight excluding hydrogens is 320 g/mol. The fourth-order valence-electron chi connectivity index (χ4n) is 4.30. The third kappa shape index (κ3) is 3.89. The Morgan fingerprint density at radius 1 is 1.36 bits per heavy atom. The Hall–Kier alpha value is -1.82. The van der Waals surface area contributed by atoms with Gasteiger partial charge >= 0.3 is 0 Å². The lowest BCUT2D eigenvalue weighted by Crippen LogP contribution is -2.63. The summed E-state index contributed by atoms with van der Waals surface area (Å²) in [4.78, 5) is 24.0. The van der Waals surface area contributed by atoms with Crippen LogP contribution in [0.5, 0.6) is 0 Å². The molecule has 3 rings (SSSR count). The van der Waals surface area contributed by atoms with Crippen LogP contribution in [0.15, 0.2) is 22.8 Å². The van der Waals surface area contributed by atoms with E-state index in [2.05, 4.69) is 10.6 Å². The van der Waals surface area contributed by atoms with Crippen LogP contribution < -0.4 is 10.6 Å². The van der Waals surface area contributed by atoms with Gasteiger partial charge in [0.05, 0.1) is 12.4 Å². The molecular formula is C19H28N2O4. The maximum absolute atomic E-state index is 12.2. The Kier molecular flexibility index (Phi) is 5.78. The van der Waals surface area contributed by atoms with Crippen LogP contribution in [-0.2, 0) is 9.53 Å². The summed E-state index contributed by atoms with van der Waals surface area (Å²) in [5.41, 5.74) is 0.166. The summed E-state index contributed by atoms with van der Waals surface area (Å²) in [6.07, 6.45) is 8.51. The molecule has 1 heterocycles. The van der Waals surface area contributed by atoms with Gasteiger partial charge in [-0.3, -0.25) is 9.59 Å². The zero-order valence-corrected chi connectivity index (χ0v) is 14.9. The second-order valence-corrected chi connectivity index (χ2v) is 7.08. The Morgan fingerprint density at radius 3 is 2.84 bits per heavy atom. The van der Waals surface area contributed by atoms with E-state index in [1.54, 1.807) is 12.1 Å². The minimum Gasteiger partial charge on any atom is -0.459 e. The SMILES string of the molecule is CCO[C@@H]1C[C@H](NC(=O)CCCNC(=O)c2ccco2)C12CCCC2. The molecule has 0 aliphatic heterocycles.